The third-order valence-corrected chi connectivity index (χ3v) is 2.80. The smallest absolute Gasteiger partial charge is 0.130 e. The van der Waals surface area contributed by atoms with Crippen molar-refractivity contribution >= 4 is 11.6 Å². The molecule has 0 heterocycles. The first kappa shape index (κ1) is 13.9. The molecule has 1 N–H and O–H groups in total. The number of rotatable bonds is 4. The van der Waals surface area contributed by atoms with E-state index in [4.69, 9.17) is 11.6 Å². The van der Waals surface area contributed by atoms with Crippen molar-refractivity contribution in [1.29, 1.82) is 0 Å². The van der Waals surface area contributed by atoms with Crippen LogP contribution in [0, 0.1) is 17.5 Å². The van der Waals surface area contributed by atoms with Gasteiger partial charge in [0.25, 0.3) is 0 Å². The fourth-order valence-electron chi connectivity index (χ4n) is 1.72. The van der Waals surface area contributed by atoms with E-state index in [1.807, 2.05) is 0 Å². The Morgan fingerprint density at radius 1 is 0.895 bits per heavy atom. The molecule has 0 atom stereocenters. The molecule has 1 nitrogen and oxygen atoms in total. The van der Waals surface area contributed by atoms with Gasteiger partial charge in [0.1, 0.15) is 17.5 Å². The SMILES string of the molecule is Fc1cc(Cl)cc(CNCc2ccc(F)cc2F)c1. The molecule has 0 aliphatic heterocycles. The van der Waals surface area contributed by atoms with Crippen molar-refractivity contribution < 1.29 is 13.2 Å². The topological polar surface area (TPSA) is 12.0 Å². The third kappa shape index (κ3) is 3.98. The lowest BCUT2D eigenvalue weighted by Crippen LogP contribution is -2.14. The van der Waals surface area contributed by atoms with E-state index in [0.29, 0.717) is 22.7 Å². The molecule has 0 aliphatic rings. The van der Waals surface area contributed by atoms with Gasteiger partial charge in [-0.25, -0.2) is 13.2 Å². The van der Waals surface area contributed by atoms with E-state index in [9.17, 15) is 13.2 Å². The first-order valence-corrected chi connectivity index (χ1v) is 6.02. The molecule has 0 aromatic heterocycles. The van der Waals surface area contributed by atoms with Gasteiger partial charge in [-0.3, -0.25) is 0 Å². The zero-order chi connectivity index (χ0) is 13.8. The zero-order valence-electron chi connectivity index (χ0n) is 9.89. The van der Waals surface area contributed by atoms with Crippen LogP contribution in [0.1, 0.15) is 11.1 Å². The lowest BCUT2D eigenvalue weighted by Gasteiger charge is -2.07. The molecule has 0 fully saturated rings. The number of hydrogen-bond donors (Lipinski definition) is 1. The monoisotopic (exact) mass is 285 g/mol. The Balaban J connectivity index is 1.96. The standard InChI is InChI=1S/C14H11ClF3N/c15-11-3-9(4-13(17)5-11)7-19-8-10-1-2-12(16)6-14(10)18/h1-6,19H,7-8H2. The highest BCUT2D eigenvalue weighted by Crippen LogP contribution is 2.14. The molecular weight excluding hydrogens is 275 g/mol. The van der Waals surface area contributed by atoms with Crippen LogP contribution in [0.2, 0.25) is 5.02 Å². The maximum Gasteiger partial charge on any atom is 0.130 e. The Morgan fingerprint density at radius 3 is 2.37 bits per heavy atom. The average molecular weight is 286 g/mol. The Morgan fingerprint density at radius 2 is 1.68 bits per heavy atom. The van der Waals surface area contributed by atoms with E-state index in [-0.39, 0.29) is 6.54 Å². The molecule has 0 spiro atoms. The molecule has 0 saturated heterocycles. The van der Waals surface area contributed by atoms with E-state index in [1.165, 1.54) is 24.3 Å². The summed E-state index contributed by atoms with van der Waals surface area (Å²) in [7, 11) is 0. The summed E-state index contributed by atoms with van der Waals surface area (Å²) in [5, 5.41) is 3.25. The van der Waals surface area contributed by atoms with Gasteiger partial charge < -0.3 is 5.32 Å². The van der Waals surface area contributed by atoms with Gasteiger partial charge in [0.05, 0.1) is 0 Å². The van der Waals surface area contributed by atoms with Gasteiger partial charge in [-0.2, -0.15) is 0 Å². The second-order valence-corrected chi connectivity index (χ2v) is 4.55. The van der Waals surface area contributed by atoms with Gasteiger partial charge >= 0.3 is 0 Å². The molecule has 0 aliphatic carbocycles. The molecule has 5 heteroatoms. The van der Waals surface area contributed by atoms with Crippen molar-refractivity contribution in [3.8, 4) is 0 Å². The van der Waals surface area contributed by atoms with Gasteiger partial charge in [-0.15, -0.1) is 0 Å². The number of halogens is 4. The summed E-state index contributed by atoms with van der Waals surface area (Å²) < 4.78 is 39.1. The fraction of sp³-hybridized carbons (Fsp3) is 0.143. The normalized spacial score (nSPS) is 10.7. The van der Waals surface area contributed by atoms with E-state index >= 15 is 0 Å². The van der Waals surface area contributed by atoms with Crippen molar-refractivity contribution in [2.24, 2.45) is 0 Å². The van der Waals surface area contributed by atoms with Crippen molar-refractivity contribution in [3.63, 3.8) is 0 Å². The lowest BCUT2D eigenvalue weighted by molar-refractivity contribution is 0.559. The Bertz CT molecular complexity index is 567. The van der Waals surface area contributed by atoms with Crippen LogP contribution in [0.25, 0.3) is 0 Å². The number of hydrogen-bond acceptors (Lipinski definition) is 1. The number of benzene rings is 2. The maximum absolute atomic E-state index is 13.3. The molecule has 19 heavy (non-hydrogen) atoms. The van der Waals surface area contributed by atoms with Crippen LogP contribution in [0.15, 0.2) is 36.4 Å². The summed E-state index contributed by atoms with van der Waals surface area (Å²) in [5.74, 6) is -1.64. The summed E-state index contributed by atoms with van der Waals surface area (Å²) in [4.78, 5) is 0. The van der Waals surface area contributed by atoms with Crippen LogP contribution in [-0.4, -0.2) is 0 Å². The van der Waals surface area contributed by atoms with E-state index < -0.39 is 17.5 Å². The van der Waals surface area contributed by atoms with E-state index in [1.54, 1.807) is 6.07 Å². The first-order valence-electron chi connectivity index (χ1n) is 5.64. The predicted molar refractivity (Wildman–Crippen MR) is 68.3 cm³/mol. The highest BCUT2D eigenvalue weighted by Gasteiger charge is 2.04. The minimum Gasteiger partial charge on any atom is -0.309 e. The highest BCUT2D eigenvalue weighted by atomic mass is 35.5. The maximum atomic E-state index is 13.3. The average Bonchev–Trinajstić information content (AvgIpc) is 2.30. The molecule has 0 bridgehead atoms. The Labute approximate surface area is 114 Å². The molecule has 0 amide bonds. The Hall–Kier alpha value is -1.52. The minimum atomic E-state index is -0.613. The molecule has 2 aromatic rings. The van der Waals surface area contributed by atoms with Gasteiger partial charge in [-0.05, 0) is 29.8 Å². The summed E-state index contributed by atoms with van der Waals surface area (Å²) in [6.07, 6.45) is 0. The molecule has 0 saturated carbocycles. The van der Waals surface area contributed by atoms with Gasteiger partial charge in [-0.1, -0.05) is 17.7 Å². The van der Waals surface area contributed by atoms with Crippen molar-refractivity contribution in [2.75, 3.05) is 0 Å². The molecule has 100 valence electrons. The van der Waals surface area contributed by atoms with Gasteiger partial charge in [0.2, 0.25) is 0 Å². The quantitative estimate of drug-likeness (QED) is 0.894. The van der Waals surface area contributed by atoms with Crippen molar-refractivity contribution in [2.45, 2.75) is 13.1 Å². The van der Waals surface area contributed by atoms with Crippen molar-refractivity contribution in [1.82, 2.24) is 5.32 Å². The minimum absolute atomic E-state index is 0.222. The fourth-order valence-corrected chi connectivity index (χ4v) is 1.96. The Kier molecular flexibility index (Phi) is 4.45. The first-order chi connectivity index (χ1) is 9.04. The number of nitrogens with one attached hydrogen (secondary N) is 1. The summed E-state index contributed by atoms with van der Waals surface area (Å²) in [6, 6.07) is 7.58. The summed E-state index contributed by atoms with van der Waals surface area (Å²) in [6.45, 7) is 0.564. The largest absolute Gasteiger partial charge is 0.309 e. The highest BCUT2D eigenvalue weighted by molar-refractivity contribution is 6.30. The van der Waals surface area contributed by atoms with Gasteiger partial charge in [0.15, 0.2) is 0 Å². The van der Waals surface area contributed by atoms with Crippen LogP contribution in [0.4, 0.5) is 13.2 Å². The second kappa shape index (κ2) is 6.08. The lowest BCUT2D eigenvalue weighted by atomic mass is 10.2. The van der Waals surface area contributed by atoms with Crippen LogP contribution in [0.5, 0.6) is 0 Å². The van der Waals surface area contributed by atoms with Crippen molar-refractivity contribution in [3.05, 3.63) is 70.0 Å². The van der Waals surface area contributed by atoms with Crippen LogP contribution in [-0.2, 0) is 13.1 Å². The van der Waals surface area contributed by atoms with Crippen LogP contribution < -0.4 is 5.32 Å². The van der Waals surface area contributed by atoms with Gasteiger partial charge in [0, 0.05) is 29.7 Å². The van der Waals surface area contributed by atoms with Crippen LogP contribution >= 0.6 is 11.6 Å². The summed E-state index contributed by atoms with van der Waals surface area (Å²) in [5.41, 5.74) is 1.01. The predicted octanol–water partition coefficient (Wildman–Crippen LogP) is 4.05. The van der Waals surface area contributed by atoms with E-state index in [2.05, 4.69) is 5.32 Å². The summed E-state index contributed by atoms with van der Waals surface area (Å²) >= 11 is 5.72. The molecule has 0 radical (unpaired) electrons. The molecule has 0 unspecified atom stereocenters. The molecule has 2 rings (SSSR count). The van der Waals surface area contributed by atoms with E-state index in [0.717, 1.165) is 6.07 Å². The zero-order valence-corrected chi connectivity index (χ0v) is 10.6. The third-order valence-electron chi connectivity index (χ3n) is 2.58. The van der Waals surface area contributed by atoms with Crippen LogP contribution in [0.3, 0.4) is 0 Å². The molecule has 2 aromatic carbocycles. The second-order valence-electron chi connectivity index (χ2n) is 4.12. The molecular formula is C14H11ClF3N.